The lowest BCUT2D eigenvalue weighted by atomic mass is 10.1. The van der Waals surface area contributed by atoms with E-state index >= 15 is 0 Å². The molecule has 0 fully saturated rings. The first kappa shape index (κ1) is 16.1. The maximum Gasteiger partial charge on any atom is 0.243 e. The van der Waals surface area contributed by atoms with Crippen molar-refractivity contribution in [3.8, 4) is 6.07 Å². The molecule has 0 bridgehead atoms. The molecule has 108 valence electrons. The fourth-order valence-corrected chi connectivity index (χ4v) is 3.17. The van der Waals surface area contributed by atoms with Crippen molar-refractivity contribution in [3.05, 3.63) is 29.3 Å². The van der Waals surface area contributed by atoms with Crippen LogP contribution in [0.1, 0.15) is 18.1 Å². The van der Waals surface area contributed by atoms with Crippen molar-refractivity contribution in [1.82, 2.24) is 9.62 Å². The minimum atomic E-state index is -3.74. The summed E-state index contributed by atoms with van der Waals surface area (Å²) in [4.78, 5) is 11.4. The molecule has 0 aliphatic rings. The summed E-state index contributed by atoms with van der Waals surface area (Å²) in [5.74, 6) is -0.374. The molecule has 1 rings (SSSR count). The zero-order valence-corrected chi connectivity index (χ0v) is 12.5. The molecular weight excluding hydrogens is 278 g/mol. The molecule has 7 heteroatoms. The number of nitrogens with one attached hydrogen (secondary N) is 1. The van der Waals surface area contributed by atoms with Crippen LogP contribution >= 0.6 is 0 Å². The predicted molar refractivity (Wildman–Crippen MR) is 74.4 cm³/mol. The van der Waals surface area contributed by atoms with Crippen LogP contribution in [-0.4, -0.2) is 38.8 Å². The van der Waals surface area contributed by atoms with Crippen LogP contribution in [0.3, 0.4) is 0 Å². The topological polar surface area (TPSA) is 90.3 Å². The molecule has 0 spiro atoms. The molecule has 0 saturated heterocycles. The van der Waals surface area contributed by atoms with E-state index in [9.17, 15) is 13.2 Å². The van der Waals surface area contributed by atoms with E-state index in [-0.39, 0.29) is 23.9 Å². The standard InChI is InChI=1S/C13H17N3O3S/c1-4-16(9-13(17)15-3)20(18,19)12-6-5-11(8-14)10(2)7-12/h5-7H,4,9H2,1-3H3,(H,15,17). The number of benzene rings is 1. The van der Waals surface area contributed by atoms with Gasteiger partial charge >= 0.3 is 0 Å². The molecule has 1 aromatic carbocycles. The lowest BCUT2D eigenvalue weighted by Gasteiger charge is -2.19. The summed E-state index contributed by atoms with van der Waals surface area (Å²) in [5.41, 5.74) is 1.02. The summed E-state index contributed by atoms with van der Waals surface area (Å²) in [7, 11) is -2.29. The average Bonchev–Trinajstić information content (AvgIpc) is 2.43. The van der Waals surface area contributed by atoms with Gasteiger partial charge in [-0.25, -0.2) is 8.42 Å². The van der Waals surface area contributed by atoms with E-state index in [1.807, 2.05) is 6.07 Å². The van der Waals surface area contributed by atoms with Crippen LogP contribution in [0.2, 0.25) is 0 Å². The summed E-state index contributed by atoms with van der Waals surface area (Å²) in [5, 5.41) is 11.3. The molecule has 0 atom stereocenters. The number of nitriles is 1. The van der Waals surface area contributed by atoms with E-state index in [0.717, 1.165) is 4.31 Å². The van der Waals surface area contributed by atoms with Gasteiger partial charge in [0.1, 0.15) is 0 Å². The fraction of sp³-hybridized carbons (Fsp3) is 0.385. The van der Waals surface area contributed by atoms with Crippen LogP contribution in [0, 0.1) is 18.3 Å². The number of sulfonamides is 1. The van der Waals surface area contributed by atoms with Gasteiger partial charge in [0.15, 0.2) is 0 Å². The summed E-state index contributed by atoms with van der Waals surface area (Å²) in [6.07, 6.45) is 0. The Morgan fingerprint density at radius 2 is 2.10 bits per heavy atom. The molecule has 1 aromatic rings. The van der Waals surface area contributed by atoms with Crippen molar-refractivity contribution < 1.29 is 13.2 Å². The Kier molecular flexibility index (Phi) is 5.25. The smallest absolute Gasteiger partial charge is 0.243 e. The van der Waals surface area contributed by atoms with Crippen LogP contribution in [0.5, 0.6) is 0 Å². The zero-order chi connectivity index (χ0) is 15.3. The Hall–Kier alpha value is -1.91. The van der Waals surface area contributed by atoms with Crippen LogP contribution in [0.15, 0.2) is 23.1 Å². The van der Waals surface area contributed by atoms with Crippen molar-refractivity contribution in [3.63, 3.8) is 0 Å². The third kappa shape index (κ3) is 3.35. The van der Waals surface area contributed by atoms with Crippen LogP contribution in [-0.2, 0) is 14.8 Å². The van der Waals surface area contributed by atoms with Crippen LogP contribution < -0.4 is 5.32 Å². The SMILES string of the molecule is CCN(CC(=O)NC)S(=O)(=O)c1ccc(C#N)c(C)c1. The maximum absolute atomic E-state index is 12.4. The lowest BCUT2D eigenvalue weighted by Crippen LogP contribution is -2.39. The van der Waals surface area contributed by atoms with Crippen molar-refractivity contribution >= 4 is 15.9 Å². The minimum Gasteiger partial charge on any atom is -0.358 e. The molecule has 0 unspecified atom stereocenters. The van der Waals surface area contributed by atoms with E-state index in [2.05, 4.69) is 5.32 Å². The average molecular weight is 295 g/mol. The highest BCUT2D eigenvalue weighted by molar-refractivity contribution is 7.89. The van der Waals surface area contributed by atoms with Crippen molar-refractivity contribution in [2.45, 2.75) is 18.7 Å². The zero-order valence-electron chi connectivity index (χ0n) is 11.7. The van der Waals surface area contributed by atoms with E-state index in [1.54, 1.807) is 13.8 Å². The normalized spacial score (nSPS) is 11.2. The summed E-state index contributed by atoms with van der Waals surface area (Å²) in [6.45, 7) is 3.30. The number of likely N-dealkylation sites (N-methyl/N-ethyl adjacent to an activating group) is 2. The second-order valence-corrected chi connectivity index (χ2v) is 6.13. The van der Waals surface area contributed by atoms with Crippen molar-refractivity contribution in [2.24, 2.45) is 0 Å². The molecule has 20 heavy (non-hydrogen) atoms. The molecule has 0 aromatic heterocycles. The Morgan fingerprint density at radius 1 is 1.45 bits per heavy atom. The Bertz CT molecular complexity index is 647. The van der Waals surface area contributed by atoms with Gasteiger partial charge in [-0.15, -0.1) is 0 Å². The van der Waals surface area contributed by atoms with Crippen molar-refractivity contribution in [1.29, 1.82) is 5.26 Å². The highest BCUT2D eigenvalue weighted by Gasteiger charge is 2.25. The summed E-state index contributed by atoms with van der Waals surface area (Å²) < 4.78 is 25.9. The van der Waals surface area contributed by atoms with Gasteiger partial charge in [-0.3, -0.25) is 4.79 Å². The Balaban J connectivity index is 3.18. The number of nitrogens with zero attached hydrogens (tertiary/aromatic N) is 2. The van der Waals surface area contributed by atoms with Crippen molar-refractivity contribution in [2.75, 3.05) is 20.1 Å². The van der Waals surface area contributed by atoms with Gasteiger partial charge in [-0.1, -0.05) is 6.92 Å². The molecule has 6 nitrogen and oxygen atoms in total. The molecule has 0 radical (unpaired) electrons. The Morgan fingerprint density at radius 3 is 2.55 bits per heavy atom. The number of carbonyl (C=O) groups is 1. The van der Waals surface area contributed by atoms with E-state index < -0.39 is 10.0 Å². The second kappa shape index (κ2) is 6.50. The second-order valence-electron chi connectivity index (χ2n) is 4.19. The largest absolute Gasteiger partial charge is 0.358 e. The quantitative estimate of drug-likeness (QED) is 0.862. The highest BCUT2D eigenvalue weighted by Crippen LogP contribution is 2.18. The lowest BCUT2D eigenvalue weighted by molar-refractivity contribution is -0.120. The summed E-state index contributed by atoms with van der Waals surface area (Å²) in [6, 6.07) is 6.28. The third-order valence-electron chi connectivity index (χ3n) is 2.91. The summed E-state index contributed by atoms with van der Waals surface area (Å²) >= 11 is 0. The molecule has 0 heterocycles. The van der Waals surface area contributed by atoms with Gasteiger partial charge in [-0.05, 0) is 30.7 Å². The first-order valence-electron chi connectivity index (χ1n) is 6.08. The molecule has 0 saturated carbocycles. The molecule has 0 aliphatic heterocycles. The molecular formula is C13H17N3O3S. The number of carbonyl (C=O) groups excluding carboxylic acids is 1. The first-order valence-corrected chi connectivity index (χ1v) is 7.52. The number of rotatable bonds is 5. The van der Waals surface area contributed by atoms with Gasteiger partial charge in [0.25, 0.3) is 0 Å². The molecule has 1 amide bonds. The van der Waals surface area contributed by atoms with E-state index in [1.165, 1.54) is 25.2 Å². The van der Waals surface area contributed by atoms with Gasteiger partial charge in [0, 0.05) is 13.6 Å². The monoisotopic (exact) mass is 295 g/mol. The van der Waals surface area contributed by atoms with E-state index in [0.29, 0.717) is 11.1 Å². The number of hydrogen-bond donors (Lipinski definition) is 1. The van der Waals surface area contributed by atoms with Gasteiger partial charge in [0.2, 0.25) is 15.9 Å². The maximum atomic E-state index is 12.4. The van der Waals surface area contributed by atoms with Crippen LogP contribution in [0.25, 0.3) is 0 Å². The predicted octanol–water partition coefficient (Wildman–Crippen LogP) is 0.623. The number of aryl methyl sites for hydroxylation is 1. The van der Waals surface area contributed by atoms with Gasteiger partial charge in [-0.2, -0.15) is 9.57 Å². The number of hydrogen-bond acceptors (Lipinski definition) is 4. The first-order chi connectivity index (χ1) is 9.36. The Labute approximate surface area is 119 Å². The van der Waals surface area contributed by atoms with Gasteiger partial charge < -0.3 is 5.32 Å². The molecule has 1 N–H and O–H groups in total. The van der Waals surface area contributed by atoms with E-state index in [4.69, 9.17) is 5.26 Å². The highest BCUT2D eigenvalue weighted by atomic mass is 32.2. The van der Waals surface area contributed by atoms with Crippen LogP contribution in [0.4, 0.5) is 0 Å². The fourth-order valence-electron chi connectivity index (χ4n) is 1.68. The molecule has 0 aliphatic carbocycles. The third-order valence-corrected chi connectivity index (χ3v) is 4.82. The number of amides is 1. The minimum absolute atomic E-state index is 0.0831. The van der Waals surface area contributed by atoms with Gasteiger partial charge in [0.05, 0.1) is 23.1 Å².